The van der Waals surface area contributed by atoms with E-state index >= 15 is 0 Å². The van der Waals surface area contributed by atoms with Crippen molar-refractivity contribution in [3.8, 4) is 0 Å². The van der Waals surface area contributed by atoms with Crippen LogP contribution in [0, 0.1) is 0 Å². The van der Waals surface area contributed by atoms with Gasteiger partial charge in [-0.1, -0.05) is 45.7 Å². The summed E-state index contributed by atoms with van der Waals surface area (Å²) in [6.07, 6.45) is 0. The molecular weight excluding hydrogens is 328 g/mol. The number of halogens is 2. The number of anilines is 1. The summed E-state index contributed by atoms with van der Waals surface area (Å²) in [5.74, 6) is -0.188. The van der Waals surface area contributed by atoms with E-state index in [-0.39, 0.29) is 5.91 Å². The van der Waals surface area contributed by atoms with Crippen LogP contribution in [0.25, 0.3) is 0 Å². The fourth-order valence-corrected chi connectivity index (χ4v) is 2.52. The fraction of sp³-hybridized carbons (Fsp3) is 0.0714. The Morgan fingerprint density at radius 2 is 2.00 bits per heavy atom. The zero-order valence-corrected chi connectivity index (χ0v) is 12.3. The number of para-hydroxylation sites is 1. The van der Waals surface area contributed by atoms with Crippen molar-refractivity contribution >= 4 is 39.1 Å². The first-order valence-corrected chi connectivity index (χ1v) is 6.81. The van der Waals surface area contributed by atoms with Gasteiger partial charge in [0.05, 0.1) is 0 Å². The molecule has 3 N–H and O–H groups in total. The smallest absolute Gasteiger partial charge is 0.251 e. The highest BCUT2D eigenvalue weighted by Crippen LogP contribution is 2.19. The number of amides is 1. The van der Waals surface area contributed by atoms with Gasteiger partial charge in [-0.3, -0.25) is 4.79 Å². The molecule has 0 aromatic heterocycles. The molecule has 2 aromatic carbocycles. The lowest BCUT2D eigenvalue weighted by atomic mass is 10.1. The van der Waals surface area contributed by atoms with Crippen LogP contribution in [-0.2, 0) is 6.54 Å². The molecule has 0 bridgehead atoms. The molecular formula is C14H12BrClN2O. The van der Waals surface area contributed by atoms with Crippen molar-refractivity contribution in [2.75, 3.05) is 5.73 Å². The number of nitrogens with one attached hydrogen (secondary N) is 1. The van der Waals surface area contributed by atoms with Crippen LogP contribution >= 0.6 is 27.5 Å². The molecule has 0 radical (unpaired) electrons. The van der Waals surface area contributed by atoms with Gasteiger partial charge < -0.3 is 11.1 Å². The summed E-state index contributed by atoms with van der Waals surface area (Å²) in [5, 5.41) is 3.32. The SMILES string of the molecule is Nc1ccccc1CNC(=O)c1cc(Cl)cc(Br)c1. The van der Waals surface area contributed by atoms with Crippen molar-refractivity contribution in [1.82, 2.24) is 5.32 Å². The van der Waals surface area contributed by atoms with Crippen LogP contribution in [0.1, 0.15) is 15.9 Å². The van der Waals surface area contributed by atoms with Crippen molar-refractivity contribution in [3.05, 3.63) is 63.1 Å². The first kappa shape index (κ1) is 13.9. The Morgan fingerprint density at radius 3 is 2.68 bits per heavy atom. The summed E-state index contributed by atoms with van der Waals surface area (Å²) < 4.78 is 0.768. The third-order valence-corrected chi connectivity index (χ3v) is 3.30. The molecule has 0 fully saturated rings. The standard InChI is InChI=1S/C14H12BrClN2O/c15-11-5-10(6-12(16)7-11)14(19)18-8-9-3-1-2-4-13(9)17/h1-7H,8,17H2,(H,18,19). The highest BCUT2D eigenvalue weighted by atomic mass is 79.9. The Bertz CT molecular complexity index is 596. The Kier molecular flexibility index (Phi) is 4.45. The largest absolute Gasteiger partial charge is 0.398 e. The molecule has 5 heteroatoms. The summed E-state index contributed by atoms with van der Waals surface area (Å²) in [5.41, 5.74) is 7.87. The van der Waals surface area contributed by atoms with E-state index in [0.29, 0.717) is 22.8 Å². The second-order valence-electron chi connectivity index (χ2n) is 4.04. The Hall–Kier alpha value is -1.52. The third-order valence-electron chi connectivity index (χ3n) is 2.62. The van der Waals surface area contributed by atoms with Gasteiger partial charge in [-0.05, 0) is 29.8 Å². The lowest BCUT2D eigenvalue weighted by Crippen LogP contribution is -2.23. The highest BCUT2D eigenvalue weighted by molar-refractivity contribution is 9.10. The second-order valence-corrected chi connectivity index (χ2v) is 5.39. The minimum Gasteiger partial charge on any atom is -0.398 e. The summed E-state index contributed by atoms with van der Waals surface area (Å²) in [4.78, 5) is 12.0. The zero-order valence-electron chi connectivity index (χ0n) is 9.99. The predicted octanol–water partition coefficient (Wildman–Crippen LogP) is 3.61. The van der Waals surface area contributed by atoms with Gasteiger partial charge in [0.2, 0.25) is 0 Å². The second kappa shape index (κ2) is 6.08. The van der Waals surface area contributed by atoms with Crippen molar-refractivity contribution in [2.45, 2.75) is 6.54 Å². The van der Waals surface area contributed by atoms with Gasteiger partial charge in [0, 0.05) is 27.3 Å². The molecule has 0 saturated heterocycles. The van der Waals surface area contributed by atoms with Gasteiger partial charge >= 0.3 is 0 Å². The van der Waals surface area contributed by atoms with Gasteiger partial charge in [0.25, 0.3) is 5.91 Å². The van der Waals surface area contributed by atoms with E-state index in [2.05, 4.69) is 21.2 Å². The maximum atomic E-state index is 12.0. The van der Waals surface area contributed by atoms with E-state index < -0.39 is 0 Å². The van der Waals surface area contributed by atoms with Gasteiger partial charge in [0.1, 0.15) is 0 Å². The van der Waals surface area contributed by atoms with Gasteiger partial charge in [-0.25, -0.2) is 0 Å². The van der Waals surface area contributed by atoms with E-state index in [1.165, 1.54) is 0 Å². The number of nitrogens with two attached hydrogens (primary N) is 1. The third kappa shape index (κ3) is 3.72. The van der Waals surface area contributed by atoms with Gasteiger partial charge in [0.15, 0.2) is 0 Å². The Balaban J connectivity index is 2.08. The summed E-state index contributed by atoms with van der Waals surface area (Å²) in [6, 6.07) is 12.5. The first-order valence-electron chi connectivity index (χ1n) is 5.64. The van der Waals surface area contributed by atoms with Crippen LogP contribution in [0.5, 0.6) is 0 Å². The molecule has 0 aliphatic rings. The van der Waals surface area contributed by atoms with Crippen molar-refractivity contribution in [2.24, 2.45) is 0 Å². The van der Waals surface area contributed by atoms with Crippen LogP contribution in [0.15, 0.2) is 46.9 Å². The highest BCUT2D eigenvalue weighted by Gasteiger charge is 2.08. The van der Waals surface area contributed by atoms with E-state index in [1.807, 2.05) is 18.2 Å². The van der Waals surface area contributed by atoms with Crippen LogP contribution in [-0.4, -0.2) is 5.91 Å². The number of carbonyl (C=O) groups is 1. The first-order chi connectivity index (χ1) is 9.06. The predicted molar refractivity (Wildman–Crippen MR) is 81.2 cm³/mol. The maximum Gasteiger partial charge on any atom is 0.251 e. The summed E-state index contributed by atoms with van der Waals surface area (Å²) >= 11 is 9.21. The lowest BCUT2D eigenvalue weighted by molar-refractivity contribution is 0.0951. The Labute approximate surface area is 124 Å². The monoisotopic (exact) mass is 338 g/mol. The number of hydrogen-bond acceptors (Lipinski definition) is 2. The number of hydrogen-bond donors (Lipinski definition) is 2. The molecule has 0 aliphatic heterocycles. The molecule has 1 amide bonds. The lowest BCUT2D eigenvalue weighted by Gasteiger charge is -2.08. The summed E-state index contributed by atoms with van der Waals surface area (Å²) in [6.45, 7) is 0.385. The molecule has 0 aliphatic carbocycles. The number of carbonyl (C=O) groups excluding carboxylic acids is 1. The molecule has 3 nitrogen and oxygen atoms in total. The molecule has 0 unspecified atom stereocenters. The van der Waals surface area contributed by atoms with E-state index in [1.54, 1.807) is 24.3 Å². The molecule has 19 heavy (non-hydrogen) atoms. The number of rotatable bonds is 3. The topological polar surface area (TPSA) is 55.1 Å². The minimum atomic E-state index is -0.188. The van der Waals surface area contributed by atoms with Gasteiger partial charge in [-0.2, -0.15) is 0 Å². The van der Waals surface area contributed by atoms with Crippen molar-refractivity contribution in [3.63, 3.8) is 0 Å². The van der Waals surface area contributed by atoms with Crippen LogP contribution < -0.4 is 11.1 Å². The quantitative estimate of drug-likeness (QED) is 0.839. The number of nitrogen functional groups attached to an aromatic ring is 1. The molecule has 0 spiro atoms. The van der Waals surface area contributed by atoms with E-state index in [9.17, 15) is 4.79 Å². The molecule has 98 valence electrons. The van der Waals surface area contributed by atoms with Crippen LogP contribution in [0.4, 0.5) is 5.69 Å². The van der Waals surface area contributed by atoms with E-state index in [0.717, 1.165) is 10.0 Å². The minimum absolute atomic E-state index is 0.188. The molecule has 0 heterocycles. The van der Waals surface area contributed by atoms with Crippen molar-refractivity contribution < 1.29 is 4.79 Å². The Morgan fingerprint density at radius 1 is 1.26 bits per heavy atom. The fourth-order valence-electron chi connectivity index (χ4n) is 1.66. The van der Waals surface area contributed by atoms with Crippen molar-refractivity contribution in [1.29, 1.82) is 0 Å². The zero-order chi connectivity index (χ0) is 13.8. The molecule has 0 atom stereocenters. The van der Waals surface area contributed by atoms with Crippen LogP contribution in [0.2, 0.25) is 5.02 Å². The average molecular weight is 340 g/mol. The van der Waals surface area contributed by atoms with Crippen LogP contribution in [0.3, 0.4) is 0 Å². The normalized spacial score (nSPS) is 10.2. The van der Waals surface area contributed by atoms with Gasteiger partial charge in [-0.15, -0.1) is 0 Å². The number of benzene rings is 2. The average Bonchev–Trinajstić information content (AvgIpc) is 2.36. The molecule has 2 rings (SSSR count). The summed E-state index contributed by atoms with van der Waals surface area (Å²) in [7, 11) is 0. The molecule has 0 saturated carbocycles. The van der Waals surface area contributed by atoms with E-state index in [4.69, 9.17) is 17.3 Å². The molecule has 2 aromatic rings. The maximum absolute atomic E-state index is 12.0.